The van der Waals surface area contributed by atoms with Gasteiger partial charge < -0.3 is 10.6 Å². The summed E-state index contributed by atoms with van der Waals surface area (Å²) >= 11 is 1.58. The predicted octanol–water partition coefficient (Wildman–Crippen LogP) is 1.84. The first kappa shape index (κ1) is 27.4. The fourth-order valence-corrected chi connectivity index (χ4v) is 9.59. The van der Waals surface area contributed by atoms with Gasteiger partial charge in [-0.1, -0.05) is 30.3 Å². The number of likely N-dealkylation sites (tertiary alicyclic amines) is 1. The molecular formula is C29H37N7O3S2. The number of nitrogens with one attached hydrogen (secondary N) is 4. The first-order chi connectivity index (χ1) is 19.9. The van der Waals surface area contributed by atoms with E-state index in [2.05, 4.69) is 26.2 Å². The van der Waals surface area contributed by atoms with Crippen LogP contribution in [0.25, 0.3) is 10.2 Å². The molecule has 4 aliphatic heterocycles. The van der Waals surface area contributed by atoms with Crippen LogP contribution < -0.4 is 21.3 Å². The minimum absolute atomic E-state index is 0.0327. The molecule has 5 heterocycles. The van der Waals surface area contributed by atoms with Crippen LogP contribution in [0.1, 0.15) is 36.6 Å². The highest BCUT2D eigenvalue weighted by Crippen LogP contribution is 2.42. The van der Waals surface area contributed by atoms with Crippen LogP contribution >= 0.6 is 11.3 Å². The molecular weight excluding hydrogens is 558 g/mol. The van der Waals surface area contributed by atoms with Gasteiger partial charge in [-0.15, -0.1) is 11.3 Å². The Morgan fingerprint density at radius 2 is 1.83 bits per heavy atom. The molecule has 10 nitrogen and oxygen atoms in total. The second-order valence-corrected chi connectivity index (χ2v) is 14.9. The molecule has 5 atom stereocenters. The SMILES string of the molecule is O=C1NC(N2CCC3(CCN(S(=O)(=O)c4ccccc4)C3)C2)NC(N[C@@H]2CCCNC2)C1c1nc2ccccc2s1. The number of hydrogen-bond donors (Lipinski definition) is 4. The molecule has 4 N–H and O–H groups in total. The highest BCUT2D eigenvalue weighted by atomic mass is 32.2. The quantitative estimate of drug-likeness (QED) is 0.341. The van der Waals surface area contributed by atoms with Crippen molar-refractivity contribution in [1.82, 2.24) is 35.5 Å². The lowest BCUT2D eigenvalue weighted by Crippen LogP contribution is -2.70. The van der Waals surface area contributed by atoms with Crippen LogP contribution in [0.4, 0.5) is 0 Å². The van der Waals surface area contributed by atoms with Gasteiger partial charge in [-0.3, -0.25) is 20.3 Å². The van der Waals surface area contributed by atoms with Gasteiger partial charge in [-0.05, 0) is 61.9 Å². The molecule has 41 heavy (non-hydrogen) atoms. The fourth-order valence-electron chi connectivity index (χ4n) is 6.91. The first-order valence-corrected chi connectivity index (χ1v) is 16.8. The molecule has 4 unspecified atom stereocenters. The lowest BCUT2D eigenvalue weighted by molar-refractivity contribution is -0.129. The topological polar surface area (TPSA) is 119 Å². The van der Waals surface area contributed by atoms with E-state index in [4.69, 9.17) is 4.98 Å². The van der Waals surface area contributed by atoms with Crippen molar-refractivity contribution >= 4 is 37.5 Å². The third-order valence-electron chi connectivity index (χ3n) is 9.14. The van der Waals surface area contributed by atoms with Gasteiger partial charge in [0, 0.05) is 38.8 Å². The van der Waals surface area contributed by atoms with Crippen molar-refractivity contribution in [2.24, 2.45) is 5.41 Å². The number of carbonyl (C=O) groups is 1. The molecule has 4 aliphatic rings. The van der Waals surface area contributed by atoms with Gasteiger partial charge in [0.25, 0.3) is 0 Å². The second kappa shape index (κ2) is 11.0. The summed E-state index contributed by atoms with van der Waals surface area (Å²) < 4.78 is 29.3. The zero-order chi connectivity index (χ0) is 28.0. The molecule has 218 valence electrons. The maximum Gasteiger partial charge on any atom is 0.243 e. The van der Waals surface area contributed by atoms with Crippen molar-refractivity contribution in [2.45, 2.75) is 55.0 Å². The Morgan fingerprint density at radius 1 is 1.02 bits per heavy atom. The largest absolute Gasteiger partial charge is 0.327 e. The molecule has 0 aliphatic carbocycles. The van der Waals surface area contributed by atoms with E-state index in [1.165, 1.54) is 0 Å². The molecule has 3 aromatic rings. The average Bonchev–Trinajstić information content (AvgIpc) is 3.73. The van der Waals surface area contributed by atoms with Crippen molar-refractivity contribution in [3.05, 3.63) is 59.6 Å². The van der Waals surface area contributed by atoms with E-state index in [0.29, 0.717) is 18.0 Å². The number of aromatic nitrogens is 1. The number of thiazole rings is 1. The van der Waals surface area contributed by atoms with Crippen molar-refractivity contribution < 1.29 is 13.2 Å². The third kappa shape index (κ3) is 5.31. The van der Waals surface area contributed by atoms with E-state index in [-0.39, 0.29) is 29.8 Å². The smallest absolute Gasteiger partial charge is 0.243 e. The molecule has 1 amide bonds. The molecule has 12 heteroatoms. The summed E-state index contributed by atoms with van der Waals surface area (Å²) in [5.41, 5.74) is 0.798. The molecule has 0 bridgehead atoms. The number of sulfonamides is 1. The van der Waals surface area contributed by atoms with E-state index in [9.17, 15) is 13.2 Å². The molecule has 1 aromatic heterocycles. The maximum atomic E-state index is 13.8. The molecule has 0 saturated carbocycles. The number of hydrogen-bond acceptors (Lipinski definition) is 9. The van der Waals surface area contributed by atoms with Crippen molar-refractivity contribution in [3.63, 3.8) is 0 Å². The lowest BCUT2D eigenvalue weighted by Gasteiger charge is -2.43. The lowest BCUT2D eigenvalue weighted by atomic mass is 9.86. The summed E-state index contributed by atoms with van der Waals surface area (Å²) in [7, 11) is -3.52. The van der Waals surface area contributed by atoms with Crippen molar-refractivity contribution in [1.29, 1.82) is 0 Å². The molecule has 4 fully saturated rings. The van der Waals surface area contributed by atoms with Gasteiger partial charge in [-0.25, -0.2) is 13.4 Å². The summed E-state index contributed by atoms with van der Waals surface area (Å²) in [6.07, 6.45) is 3.27. The Labute approximate surface area is 244 Å². The summed E-state index contributed by atoms with van der Waals surface area (Å²) in [6, 6.07) is 17.0. The Morgan fingerprint density at radius 3 is 2.63 bits per heavy atom. The normalized spacial score (nSPS) is 31.7. The highest BCUT2D eigenvalue weighted by molar-refractivity contribution is 7.89. The first-order valence-electron chi connectivity index (χ1n) is 14.6. The van der Waals surface area contributed by atoms with Crippen LogP contribution in [0.5, 0.6) is 0 Å². The second-order valence-electron chi connectivity index (χ2n) is 11.9. The van der Waals surface area contributed by atoms with E-state index < -0.39 is 15.9 Å². The molecule has 7 rings (SSSR count). The average molecular weight is 596 g/mol. The zero-order valence-corrected chi connectivity index (χ0v) is 24.6. The van der Waals surface area contributed by atoms with E-state index in [0.717, 1.165) is 67.1 Å². The van der Waals surface area contributed by atoms with Crippen LogP contribution in [-0.2, 0) is 14.8 Å². The van der Waals surface area contributed by atoms with Gasteiger partial charge in [0.1, 0.15) is 17.2 Å². The Kier molecular flexibility index (Phi) is 7.34. The van der Waals surface area contributed by atoms with E-state index >= 15 is 0 Å². The zero-order valence-electron chi connectivity index (χ0n) is 23.0. The van der Waals surface area contributed by atoms with Gasteiger partial charge in [-0.2, -0.15) is 4.31 Å². The van der Waals surface area contributed by atoms with Crippen LogP contribution in [0.3, 0.4) is 0 Å². The number of para-hydroxylation sites is 1. The monoisotopic (exact) mass is 595 g/mol. The number of rotatable bonds is 6. The maximum absolute atomic E-state index is 13.8. The fraction of sp³-hybridized carbons (Fsp3) is 0.517. The summed E-state index contributed by atoms with van der Waals surface area (Å²) in [6.45, 7) is 4.44. The van der Waals surface area contributed by atoms with Crippen molar-refractivity contribution in [2.75, 3.05) is 39.3 Å². The molecule has 0 radical (unpaired) electrons. The van der Waals surface area contributed by atoms with Crippen LogP contribution in [-0.4, -0.2) is 86.3 Å². The minimum Gasteiger partial charge on any atom is -0.327 e. The summed E-state index contributed by atoms with van der Waals surface area (Å²) in [5.74, 6) is -0.477. The molecule has 4 saturated heterocycles. The van der Waals surface area contributed by atoms with E-state index in [1.807, 2.05) is 30.3 Å². The number of fused-ring (bicyclic) bond motifs is 1. The third-order valence-corrected chi connectivity index (χ3v) is 12.1. The van der Waals surface area contributed by atoms with Crippen molar-refractivity contribution in [3.8, 4) is 0 Å². The standard InChI is InChI=1S/C29H37N7O3S2/c37-26-24(27-32-22-10-4-5-11-23(22)40-27)25(31-20-7-6-14-30-17-20)33-28(34-26)35-15-12-29(18-35)13-16-36(19-29)41(38,39)21-8-2-1-3-9-21/h1-5,8-11,20,24-25,28,30-31,33H,6-7,12-19H2,(H,34,37)/t20-,24?,25?,28?,29?/m1/s1. The number of benzene rings is 2. The van der Waals surface area contributed by atoms with Gasteiger partial charge in [0.15, 0.2) is 0 Å². The minimum atomic E-state index is -3.52. The molecule has 1 spiro atoms. The van der Waals surface area contributed by atoms with Crippen LogP contribution in [0, 0.1) is 5.41 Å². The van der Waals surface area contributed by atoms with Crippen LogP contribution in [0.2, 0.25) is 0 Å². The van der Waals surface area contributed by atoms with E-state index in [1.54, 1.807) is 39.9 Å². The van der Waals surface area contributed by atoms with Gasteiger partial charge in [0.2, 0.25) is 15.9 Å². The Hall–Kier alpha value is -2.45. The number of carbonyl (C=O) groups excluding carboxylic acids is 1. The Bertz CT molecular complexity index is 1480. The van der Waals surface area contributed by atoms with Crippen LogP contribution in [0.15, 0.2) is 59.5 Å². The number of piperidine rings is 1. The number of nitrogens with zero attached hydrogens (tertiary/aromatic N) is 3. The number of amides is 1. The summed E-state index contributed by atoms with van der Waals surface area (Å²) in [5, 5.41) is 15.0. The van der Waals surface area contributed by atoms with Gasteiger partial charge >= 0.3 is 0 Å². The molecule has 2 aromatic carbocycles. The Balaban J connectivity index is 1.08. The highest BCUT2D eigenvalue weighted by Gasteiger charge is 2.50. The summed E-state index contributed by atoms with van der Waals surface area (Å²) in [4.78, 5) is 21.3. The predicted molar refractivity (Wildman–Crippen MR) is 159 cm³/mol. The van der Waals surface area contributed by atoms with Gasteiger partial charge in [0.05, 0.1) is 21.3 Å².